The first kappa shape index (κ1) is 13.4. The van der Waals surface area contributed by atoms with Crippen LogP contribution in [0.3, 0.4) is 0 Å². The number of carbonyl (C=O) groups is 1. The largest absolute Gasteiger partial charge is 0.481 e. The zero-order chi connectivity index (χ0) is 10.6. The maximum absolute atomic E-state index is 10.2. The first-order chi connectivity index (χ1) is 6.77. The van der Waals surface area contributed by atoms with Crippen molar-refractivity contribution in [2.75, 3.05) is 26.4 Å². The van der Waals surface area contributed by atoms with Gasteiger partial charge >= 0.3 is 5.97 Å². The van der Waals surface area contributed by atoms with Gasteiger partial charge in [-0.1, -0.05) is 6.42 Å². The maximum Gasteiger partial charge on any atom is 0.303 e. The van der Waals surface area contributed by atoms with Gasteiger partial charge in [0.15, 0.2) is 0 Å². The molecule has 0 aromatic carbocycles. The minimum atomic E-state index is -0.720. The average Bonchev–Trinajstić information content (AvgIpc) is 2.15. The molecule has 0 aliphatic heterocycles. The molecule has 0 unspecified atom stereocenters. The molecule has 0 spiro atoms. The fourth-order valence-electron chi connectivity index (χ4n) is 1.02. The van der Waals surface area contributed by atoms with Crippen LogP contribution in [0.2, 0.25) is 0 Å². The highest BCUT2D eigenvalue weighted by Crippen LogP contribution is 1.99. The van der Waals surface area contributed by atoms with Gasteiger partial charge in [0.25, 0.3) is 0 Å². The number of carboxylic acids is 1. The molecule has 0 radical (unpaired) electrons. The summed E-state index contributed by atoms with van der Waals surface area (Å²) in [5, 5.41) is 8.37. The van der Waals surface area contributed by atoms with Crippen molar-refractivity contribution >= 4 is 5.97 Å². The van der Waals surface area contributed by atoms with Gasteiger partial charge in [-0.3, -0.25) is 4.79 Å². The van der Waals surface area contributed by atoms with E-state index in [0.717, 1.165) is 25.9 Å². The summed E-state index contributed by atoms with van der Waals surface area (Å²) < 4.78 is 10.4. The van der Waals surface area contributed by atoms with Crippen LogP contribution in [-0.4, -0.2) is 37.5 Å². The van der Waals surface area contributed by atoms with Crippen molar-refractivity contribution in [3.63, 3.8) is 0 Å². The van der Waals surface area contributed by atoms with E-state index in [1.165, 1.54) is 0 Å². The van der Waals surface area contributed by atoms with Crippen LogP contribution in [0, 0.1) is 0 Å². The summed E-state index contributed by atoms with van der Waals surface area (Å²) in [6.07, 6.45) is 2.85. The highest BCUT2D eigenvalue weighted by Gasteiger charge is 1.96. The van der Waals surface area contributed by atoms with E-state index in [4.69, 9.17) is 14.6 Å². The fourth-order valence-corrected chi connectivity index (χ4v) is 1.02. The number of aliphatic carboxylic acids is 1. The quantitative estimate of drug-likeness (QED) is 0.550. The summed E-state index contributed by atoms with van der Waals surface area (Å²) in [5.74, 6) is -0.720. The van der Waals surface area contributed by atoms with Gasteiger partial charge < -0.3 is 14.6 Å². The standard InChI is InChI=1S/C10H20O4/c1-2-13-8-9-14-7-5-3-4-6-10(11)12/h2-9H2,1H3,(H,11,12). The molecule has 0 bridgehead atoms. The Bertz CT molecular complexity index is 136. The van der Waals surface area contributed by atoms with E-state index in [9.17, 15) is 4.79 Å². The Morgan fingerprint density at radius 3 is 2.43 bits per heavy atom. The molecule has 4 nitrogen and oxygen atoms in total. The molecule has 0 aliphatic carbocycles. The Morgan fingerprint density at radius 1 is 1.07 bits per heavy atom. The fraction of sp³-hybridized carbons (Fsp3) is 0.900. The number of hydrogen-bond donors (Lipinski definition) is 1. The van der Waals surface area contributed by atoms with Crippen molar-refractivity contribution in [2.24, 2.45) is 0 Å². The zero-order valence-corrected chi connectivity index (χ0v) is 8.83. The van der Waals surface area contributed by atoms with E-state index < -0.39 is 5.97 Å². The van der Waals surface area contributed by atoms with Crippen LogP contribution in [0.4, 0.5) is 0 Å². The summed E-state index contributed by atoms with van der Waals surface area (Å²) in [6, 6.07) is 0. The Morgan fingerprint density at radius 2 is 1.79 bits per heavy atom. The van der Waals surface area contributed by atoms with Crippen molar-refractivity contribution in [1.82, 2.24) is 0 Å². The minimum absolute atomic E-state index is 0.263. The first-order valence-electron chi connectivity index (χ1n) is 5.14. The molecule has 0 amide bonds. The van der Waals surface area contributed by atoms with Gasteiger partial charge in [-0.15, -0.1) is 0 Å². The second kappa shape index (κ2) is 10.5. The van der Waals surface area contributed by atoms with Crippen LogP contribution in [0.25, 0.3) is 0 Å². The topological polar surface area (TPSA) is 55.8 Å². The van der Waals surface area contributed by atoms with Crippen LogP contribution >= 0.6 is 0 Å². The molecule has 0 heterocycles. The highest BCUT2D eigenvalue weighted by atomic mass is 16.5. The predicted octanol–water partition coefficient (Wildman–Crippen LogP) is 1.68. The van der Waals surface area contributed by atoms with E-state index in [1.807, 2.05) is 6.92 Å². The molecule has 0 aliphatic rings. The van der Waals surface area contributed by atoms with Crippen LogP contribution in [0.5, 0.6) is 0 Å². The number of ether oxygens (including phenoxy) is 2. The van der Waals surface area contributed by atoms with E-state index in [0.29, 0.717) is 19.8 Å². The Balaban J connectivity index is 2.88. The molecule has 0 aromatic rings. The molecule has 0 fully saturated rings. The van der Waals surface area contributed by atoms with Gasteiger partial charge in [0.1, 0.15) is 0 Å². The van der Waals surface area contributed by atoms with Gasteiger partial charge in [0, 0.05) is 19.6 Å². The number of unbranched alkanes of at least 4 members (excludes halogenated alkanes) is 2. The van der Waals surface area contributed by atoms with E-state index in [-0.39, 0.29) is 6.42 Å². The third kappa shape index (κ3) is 11.4. The average molecular weight is 204 g/mol. The van der Waals surface area contributed by atoms with Gasteiger partial charge in [-0.05, 0) is 19.8 Å². The minimum Gasteiger partial charge on any atom is -0.481 e. The third-order valence-corrected chi connectivity index (χ3v) is 1.76. The lowest BCUT2D eigenvalue weighted by molar-refractivity contribution is -0.137. The molecule has 84 valence electrons. The van der Waals surface area contributed by atoms with Crippen molar-refractivity contribution in [1.29, 1.82) is 0 Å². The van der Waals surface area contributed by atoms with E-state index >= 15 is 0 Å². The van der Waals surface area contributed by atoms with Crippen molar-refractivity contribution < 1.29 is 19.4 Å². The normalized spacial score (nSPS) is 10.4. The summed E-state index contributed by atoms with van der Waals surface area (Å²) >= 11 is 0. The molecule has 4 heteroatoms. The predicted molar refractivity (Wildman–Crippen MR) is 53.4 cm³/mol. The van der Waals surface area contributed by atoms with E-state index in [1.54, 1.807) is 0 Å². The number of rotatable bonds is 10. The molecule has 0 saturated heterocycles. The maximum atomic E-state index is 10.2. The summed E-state index contributed by atoms with van der Waals surface area (Å²) in [7, 11) is 0. The zero-order valence-electron chi connectivity index (χ0n) is 8.83. The molecule has 0 atom stereocenters. The third-order valence-electron chi connectivity index (χ3n) is 1.76. The lowest BCUT2D eigenvalue weighted by atomic mass is 10.2. The number of hydrogen-bond acceptors (Lipinski definition) is 3. The molecule has 0 saturated carbocycles. The second-order valence-corrected chi connectivity index (χ2v) is 3.01. The highest BCUT2D eigenvalue weighted by molar-refractivity contribution is 5.66. The van der Waals surface area contributed by atoms with Crippen LogP contribution in [0.1, 0.15) is 32.6 Å². The SMILES string of the molecule is CCOCCOCCCCCC(=O)O. The second-order valence-electron chi connectivity index (χ2n) is 3.01. The summed E-state index contributed by atoms with van der Waals surface area (Å²) in [4.78, 5) is 10.2. The van der Waals surface area contributed by atoms with E-state index in [2.05, 4.69) is 0 Å². The lowest BCUT2D eigenvalue weighted by Crippen LogP contribution is -2.05. The molecule has 1 N–H and O–H groups in total. The lowest BCUT2D eigenvalue weighted by Gasteiger charge is -2.03. The van der Waals surface area contributed by atoms with Gasteiger partial charge in [-0.25, -0.2) is 0 Å². The van der Waals surface area contributed by atoms with Crippen LogP contribution < -0.4 is 0 Å². The molecular formula is C10H20O4. The first-order valence-corrected chi connectivity index (χ1v) is 5.14. The van der Waals surface area contributed by atoms with Crippen LogP contribution in [0.15, 0.2) is 0 Å². The Kier molecular flexibility index (Phi) is 10.0. The smallest absolute Gasteiger partial charge is 0.303 e. The molecule has 0 aromatic heterocycles. The Labute approximate surface area is 85.2 Å². The van der Waals surface area contributed by atoms with Crippen molar-refractivity contribution in [3.8, 4) is 0 Å². The summed E-state index contributed by atoms with van der Waals surface area (Å²) in [5.41, 5.74) is 0. The van der Waals surface area contributed by atoms with Gasteiger partial charge in [0.2, 0.25) is 0 Å². The van der Waals surface area contributed by atoms with Crippen molar-refractivity contribution in [3.05, 3.63) is 0 Å². The monoisotopic (exact) mass is 204 g/mol. The van der Waals surface area contributed by atoms with Crippen molar-refractivity contribution in [2.45, 2.75) is 32.6 Å². The van der Waals surface area contributed by atoms with Crippen LogP contribution in [-0.2, 0) is 14.3 Å². The molecular weight excluding hydrogens is 184 g/mol. The van der Waals surface area contributed by atoms with Gasteiger partial charge in [0.05, 0.1) is 13.2 Å². The molecule has 0 rings (SSSR count). The molecule has 14 heavy (non-hydrogen) atoms. The van der Waals surface area contributed by atoms with Gasteiger partial charge in [-0.2, -0.15) is 0 Å². The number of carboxylic acid groups (broad SMARTS) is 1. The summed E-state index contributed by atoms with van der Waals surface area (Å²) in [6.45, 7) is 4.65. The Hall–Kier alpha value is -0.610.